The van der Waals surface area contributed by atoms with Crippen LogP contribution in [0.2, 0.25) is 0 Å². The van der Waals surface area contributed by atoms with Crippen molar-refractivity contribution in [2.45, 2.75) is 60.2 Å². The van der Waals surface area contributed by atoms with Gasteiger partial charge >= 0.3 is 0 Å². The number of carbonyl (C=O) groups is 2. The Morgan fingerprint density at radius 2 is 1.29 bits per heavy atom. The zero-order valence-corrected chi connectivity index (χ0v) is 20.5. The predicted octanol–water partition coefficient (Wildman–Crippen LogP) is 2.82. The second-order valence-electron chi connectivity index (χ2n) is 7.37. The lowest BCUT2D eigenvalue weighted by Gasteiger charge is -2.29. The molecule has 0 aromatic heterocycles. The van der Waals surface area contributed by atoms with Gasteiger partial charge in [-0.3, -0.25) is 9.59 Å². The average Bonchev–Trinajstić information content (AvgIpc) is 2.73. The fourth-order valence-electron chi connectivity index (χ4n) is 1.93. The summed E-state index contributed by atoms with van der Waals surface area (Å²) in [6, 6.07) is 0. The smallest absolute Gasteiger partial charge is 0.216 e. The van der Waals surface area contributed by atoms with E-state index in [1.54, 1.807) is 13.8 Å². The van der Waals surface area contributed by atoms with Gasteiger partial charge in [0.2, 0.25) is 5.91 Å². The van der Waals surface area contributed by atoms with Crippen LogP contribution in [0, 0.1) is 5.92 Å². The van der Waals surface area contributed by atoms with E-state index in [2.05, 4.69) is 5.32 Å². The molecule has 0 aliphatic heterocycles. The van der Waals surface area contributed by atoms with Gasteiger partial charge in [-0.1, -0.05) is 27.7 Å². The minimum atomic E-state index is -1.31. The molecule has 9 heteroatoms. The van der Waals surface area contributed by atoms with E-state index in [1.807, 2.05) is 27.7 Å². The van der Waals surface area contributed by atoms with E-state index < -0.39 is 11.8 Å². The Hall–Kier alpha value is -1.13. The van der Waals surface area contributed by atoms with Crippen molar-refractivity contribution in [3.05, 3.63) is 0 Å². The number of ether oxygens (including phenoxy) is 5. The molecule has 0 aromatic carbocycles. The Balaban J connectivity index is -0.00000272. The van der Waals surface area contributed by atoms with Gasteiger partial charge in [-0.2, -0.15) is 0 Å². The van der Waals surface area contributed by atoms with E-state index in [0.717, 1.165) is 0 Å². The summed E-state index contributed by atoms with van der Waals surface area (Å²) in [5, 5.41) is 2.44. The van der Waals surface area contributed by atoms with Crippen molar-refractivity contribution >= 4 is 11.7 Å². The van der Waals surface area contributed by atoms with Crippen LogP contribution in [0.4, 0.5) is 4.39 Å². The highest BCUT2D eigenvalue weighted by molar-refractivity contribution is 5.81. The summed E-state index contributed by atoms with van der Waals surface area (Å²) in [6.45, 7) is 15.4. The highest BCUT2D eigenvalue weighted by Crippen LogP contribution is 2.17. The molecule has 0 aliphatic rings. The first kappa shape index (κ1) is 32.1. The molecule has 0 saturated heterocycles. The van der Waals surface area contributed by atoms with Crippen molar-refractivity contribution in [1.29, 1.82) is 0 Å². The van der Waals surface area contributed by atoms with Gasteiger partial charge in [-0.05, 0) is 13.8 Å². The maximum Gasteiger partial charge on any atom is 0.216 e. The highest BCUT2D eigenvalue weighted by atomic mass is 19.1. The van der Waals surface area contributed by atoms with Crippen molar-refractivity contribution in [2.75, 3.05) is 66.0 Å². The Labute approximate surface area is 188 Å². The summed E-state index contributed by atoms with van der Waals surface area (Å²) in [6.07, 6.45) is -1.31. The van der Waals surface area contributed by atoms with Crippen LogP contribution in [0.25, 0.3) is 0 Å². The second-order valence-corrected chi connectivity index (χ2v) is 7.37. The molecule has 1 N–H and O–H groups in total. The molecule has 1 unspecified atom stereocenters. The molecule has 0 aliphatic carbocycles. The van der Waals surface area contributed by atoms with Gasteiger partial charge in [-0.25, -0.2) is 4.39 Å². The molecule has 0 bridgehead atoms. The van der Waals surface area contributed by atoms with E-state index in [-0.39, 0.29) is 38.8 Å². The first-order chi connectivity index (χ1) is 14.7. The average molecular weight is 456 g/mol. The standard InChI is InChI=1S/C20H38FNO7.C2H6.H2/c1-16(2)18(24)15-28-11-10-26-7-6-25-8-9-27-12-13-29-20(4,5)19(21)14-22-17(3)23;1-2;/h16,19H,6-15H2,1-5H3,(H,22,23);1-2H3;1H. The molecule has 1 amide bonds. The van der Waals surface area contributed by atoms with Crippen LogP contribution in [-0.2, 0) is 33.3 Å². The number of rotatable bonds is 19. The van der Waals surface area contributed by atoms with Gasteiger partial charge in [-0.15, -0.1) is 0 Å². The van der Waals surface area contributed by atoms with Gasteiger partial charge in [0, 0.05) is 14.3 Å². The SMILES string of the molecule is CC.CC(=O)NCC(F)C(C)(C)OCCOCCOCCOCCOCC(=O)C(C)C.[HH]. The lowest BCUT2D eigenvalue weighted by molar-refractivity contribution is -0.127. The van der Waals surface area contributed by atoms with Crippen molar-refractivity contribution in [3.8, 4) is 0 Å². The van der Waals surface area contributed by atoms with Crippen LogP contribution >= 0.6 is 0 Å². The molecular formula is C22H46FNO7. The van der Waals surface area contributed by atoms with Crippen LogP contribution in [0.1, 0.15) is 49.9 Å². The summed E-state index contributed by atoms with van der Waals surface area (Å²) in [7, 11) is 0. The van der Waals surface area contributed by atoms with Crippen molar-refractivity contribution < 1.29 is 39.1 Å². The van der Waals surface area contributed by atoms with Gasteiger partial charge in [0.05, 0.1) is 65.0 Å². The number of hydrogen-bond acceptors (Lipinski definition) is 7. The molecule has 0 saturated carbocycles. The Bertz CT molecular complexity index is 454. The number of hydrogen-bond donors (Lipinski definition) is 1. The normalized spacial score (nSPS) is 12.3. The molecule has 0 aromatic rings. The third-order valence-electron chi connectivity index (χ3n) is 3.99. The van der Waals surface area contributed by atoms with Crippen LogP contribution < -0.4 is 5.32 Å². The maximum atomic E-state index is 14.0. The number of amides is 1. The summed E-state index contributed by atoms with van der Waals surface area (Å²) < 4.78 is 40.8. The Morgan fingerprint density at radius 3 is 1.71 bits per heavy atom. The molecule has 0 spiro atoms. The Morgan fingerprint density at radius 1 is 0.871 bits per heavy atom. The fourth-order valence-corrected chi connectivity index (χ4v) is 1.93. The molecule has 0 heterocycles. The summed E-state index contributed by atoms with van der Waals surface area (Å²) in [4.78, 5) is 22.2. The summed E-state index contributed by atoms with van der Waals surface area (Å²) in [5.41, 5.74) is -1.01. The third kappa shape index (κ3) is 20.5. The number of carbonyl (C=O) groups excluding carboxylic acids is 2. The topological polar surface area (TPSA) is 92.3 Å². The monoisotopic (exact) mass is 455 g/mol. The molecule has 0 rings (SSSR count). The molecule has 0 radical (unpaired) electrons. The first-order valence-corrected chi connectivity index (χ1v) is 11.0. The molecule has 8 nitrogen and oxygen atoms in total. The van der Waals surface area contributed by atoms with E-state index >= 15 is 0 Å². The van der Waals surface area contributed by atoms with Crippen LogP contribution in [0.15, 0.2) is 0 Å². The van der Waals surface area contributed by atoms with Crippen molar-refractivity contribution in [2.24, 2.45) is 5.92 Å². The lowest BCUT2D eigenvalue weighted by atomic mass is 10.0. The molecule has 188 valence electrons. The van der Waals surface area contributed by atoms with E-state index in [4.69, 9.17) is 23.7 Å². The van der Waals surface area contributed by atoms with Gasteiger partial charge in [0.25, 0.3) is 0 Å². The number of ketones is 1. The number of halogens is 1. The van der Waals surface area contributed by atoms with Crippen molar-refractivity contribution in [3.63, 3.8) is 0 Å². The predicted molar refractivity (Wildman–Crippen MR) is 120 cm³/mol. The molecular weight excluding hydrogens is 409 g/mol. The van der Waals surface area contributed by atoms with Gasteiger partial charge in [0.1, 0.15) is 12.8 Å². The molecule has 31 heavy (non-hydrogen) atoms. The number of Topliss-reactive ketones (excluding diaryl/α,β-unsaturated/α-hetero) is 1. The van der Waals surface area contributed by atoms with Crippen molar-refractivity contribution in [1.82, 2.24) is 5.32 Å². The number of alkyl halides is 1. The first-order valence-electron chi connectivity index (χ1n) is 11.0. The minimum absolute atomic E-state index is 0. The van der Waals surface area contributed by atoms with E-state index in [9.17, 15) is 14.0 Å². The third-order valence-corrected chi connectivity index (χ3v) is 3.99. The minimum Gasteiger partial charge on any atom is -0.377 e. The van der Waals surface area contributed by atoms with Gasteiger partial charge in [0.15, 0.2) is 5.78 Å². The largest absolute Gasteiger partial charge is 0.377 e. The van der Waals surface area contributed by atoms with Crippen LogP contribution in [0.3, 0.4) is 0 Å². The zero-order valence-electron chi connectivity index (χ0n) is 20.5. The van der Waals surface area contributed by atoms with E-state index in [0.29, 0.717) is 46.2 Å². The summed E-state index contributed by atoms with van der Waals surface area (Å²) >= 11 is 0. The number of nitrogens with one attached hydrogen (secondary N) is 1. The quantitative estimate of drug-likeness (QED) is 0.299. The lowest BCUT2D eigenvalue weighted by Crippen LogP contribution is -2.44. The molecule has 0 fully saturated rings. The second kappa shape index (κ2) is 20.8. The molecule has 1 atom stereocenters. The van der Waals surface area contributed by atoms with Crippen LogP contribution in [-0.4, -0.2) is 89.5 Å². The van der Waals surface area contributed by atoms with E-state index in [1.165, 1.54) is 6.92 Å². The maximum absolute atomic E-state index is 14.0. The Kier molecular flexibility index (Phi) is 21.5. The van der Waals surface area contributed by atoms with Crippen LogP contribution in [0.5, 0.6) is 0 Å². The van der Waals surface area contributed by atoms with Gasteiger partial charge < -0.3 is 29.0 Å². The fraction of sp³-hybridized carbons (Fsp3) is 0.909. The highest BCUT2D eigenvalue weighted by Gasteiger charge is 2.30. The summed E-state index contributed by atoms with van der Waals surface area (Å²) in [5.74, 6) is -0.208. The zero-order chi connectivity index (χ0) is 24.1.